The highest BCUT2D eigenvalue weighted by Crippen LogP contribution is 2.44. The van der Waals surface area contributed by atoms with E-state index in [1.807, 2.05) is 0 Å². The molecule has 0 aromatic heterocycles. The second kappa shape index (κ2) is 7.40. The van der Waals surface area contributed by atoms with Gasteiger partial charge in [-0.1, -0.05) is 29.8 Å². The summed E-state index contributed by atoms with van der Waals surface area (Å²) in [5.41, 5.74) is 1.17. The van der Waals surface area contributed by atoms with Gasteiger partial charge in [0.05, 0.1) is 10.6 Å². The third kappa shape index (κ3) is 3.31. The van der Waals surface area contributed by atoms with Gasteiger partial charge in [-0.2, -0.15) is 0 Å². The number of nitro benzene ring substituents is 1. The maximum absolute atomic E-state index is 14.4. The molecule has 1 unspecified atom stereocenters. The lowest BCUT2D eigenvalue weighted by Crippen LogP contribution is -2.40. The van der Waals surface area contributed by atoms with E-state index >= 15 is 0 Å². The van der Waals surface area contributed by atoms with Crippen LogP contribution in [0.2, 0.25) is 5.02 Å². The molecule has 0 saturated carbocycles. The van der Waals surface area contributed by atoms with Crippen molar-refractivity contribution in [3.63, 3.8) is 0 Å². The minimum Gasteiger partial charge on any atom is -0.294 e. The van der Waals surface area contributed by atoms with Gasteiger partial charge in [0.1, 0.15) is 10.8 Å². The third-order valence-corrected chi connectivity index (χ3v) is 5.66. The first-order chi connectivity index (χ1) is 13.9. The number of amides is 1. The molecule has 1 aliphatic heterocycles. The summed E-state index contributed by atoms with van der Waals surface area (Å²) >= 11 is 5.89. The third-order valence-electron chi connectivity index (χ3n) is 5.34. The number of allylic oxidation sites excluding steroid dienone is 2. The number of Topliss-reactive ketones (excluding diaryl/α,β-unsaturated/α-hetero) is 1. The Morgan fingerprint density at radius 3 is 2.62 bits per heavy atom. The van der Waals surface area contributed by atoms with E-state index in [4.69, 9.17) is 11.6 Å². The van der Waals surface area contributed by atoms with Crippen LogP contribution in [0.15, 0.2) is 53.7 Å². The molecule has 0 radical (unpaired) electrons. The van der Waals surface area contributed by atoms with Crippen molar-refractivity contribution >= 4 is 34.7 Å². The van der Waals surface area contributed by atoms with Crippen molar-refractivity contribution in [2.45, 2.75) is 31.6 Å². The Morgan fingerprint density at radius 2 is 1.90 bits per heavy atom. The quantitative estimate of drug-likeness (QED) is 0.527. The molecule has 0 fully saturated rings. The zero-order chi connectivity index (χ0) is 20.7. The Balaban J connectivity index is 1.88. The fourth-order valence-corrected chi connectivity index (χ4v) is 4.28. The highest BCUT2D eigenvalue weighted by atomic mass is 35.5. The van der Waals surface area contributed by atoms with Crippen molar-refractivity contribution < 1.29 is 18.9 Å². The summed E-state index contributed by atoms with van der Waals surface area (Å²) < 4.78 is 14.4. The van der Waals surface area contributed by atoms with E-state index in [1.165, 1.54) is 29.2 Å². The Labute approximate surface area is 170 Å². The van der Waals surface area contributed by atoms with Crippen molar-refractivity contribution in [2.75, 3.05) is 4.90 Å². The summed E-state index contributed by atoms with van der Waals surface area (Å²) in [5.74, 6) is -1.60. The molecule has 1 aliphatic carbocycles. The number of hydrogen-bond acceptors (Lipinski definition) is 4. The summed E-state index contributed by atoms with van der Waals surface area (Å²) in [6.07, 6.45) is 1.24. The van der Waals surface area contributed by atoms with Gasteiger partial charge in [0.2, 0.25) is 5.91 Å². The second-order valence-electron chi connectivity index (χ2n) is 7.04. The first kappa shape index (κ1) is 19.3. The Morgan fingerprint density at radius 1 is 1.14 bits per heavy atom. The van der Waals surface area contributed by atoms with Crippen molar-refractivity contribution in [1.29, 1.82) is 0 Å². The van der Waals surface area contributed by atoms with Crippen LogP contribution >= 0.6 is 11.6 Å². The van der Waals surface area contributed by atoms with Gasteiger partial charge in [0.25, 0.3) is 5.69 Å². The molecule has 1 atom stereocenters. The number of carbonyl (C=O) groups is 2. The summed E-state index contributed by atoms with van der Waals surface area (Å²) in [4.78, 5) is 37.9. The van der Waals surface area contributed by atoms with Gasteiger partial charge < -0.3 is 0 Å². The average Bonchev–Trinajstić information content (AvgIpc) is 2.68. The van der Waals surface area contributed by atoms with E-state index in [9.17, 15) is 24.1 Å². The van der Waals surface area contributed by atoms with Crippen LogP contribution in [0.5, 0.6) is 0 Å². The molecule has 2 aliphatic rings. The molecular formula is C21H16ClFN2O4. The van der Waals surface area contributed by atoms with Gasteiger partial charge in [-0.05, 0) is 36.6 Å². The van der Waals surface area contributed by atoms with E-state index in [0.717, 1.165) is 0 Å². The Bertz CT molecular complexity index is 1080. The molecule has 0 bridgehead atoms. The number of carbonyl (C=O) groups excluding carboxylic acids is 2. The van der Waals surface area contributed by atoms with Crippen LogP contribution in [0.1, 0.15) is 37.2 Å². The van der Waals surface area contributed by atoms with Gasteiger partial charge in [-0.25, -0.2) is 4.39 Å². The minimum atomic E-state index is -0.662. The lowest BCUT2D eigenvalue weighted by Gasteiger charge is -2.38. The highest BCUT2D eigenvalue weighted by molar-refractivity contribution is 6.32. The topological polar surface area (TPSA) is 80.5 Å². The molecule has 8 heteroatoms. The number of nitrogens with zero attached hydrogens (tertiary/aromatic N) is 2. The predicted octanol–water partition coefficient (Wildman–Crippen LogP) is 4.91. The zero-order valence-corrected chi connectivity index (χ0v) is 16.0. The molecule has 2 aromatic rings. The summed E-state index contributed by atoms with van der Waals surface area (Å²) in [7, 11) is 0. The van der Waals surface area contributed by atoms with Crippen molar-refractivity contribution in [1.82, 2.24) is 0 Å². The second-order valence-corrected chi connectivity index (χ2v) is 7.44. The number of rotatable bonds is 3. The molecule has 148 valence electrons. The first-order valence-corrected chi connectivity index (χ1v) is 9.54. The maximum Gasteiger partial charge on any atom is 0.289 e. The summed E-state index contributed by atoms with van der Waals surface area (Å²) in [6, 6.07) is 10.2. The van der Waals surface area contributed by atoms with Crippen LogP contribution in [0.4, 0.5) is 15.8 Å². The van der Waals surface area contributed by atoms with Crippen LogP contribution < -0.4 is 4.90 Å². The van der Waals surface area contributed by atoms with Crippen LogP contribution in [0.25, 0.3) is 0 Å². The summed E-state index contributed by atoms with van der Waals surface area (Å²) in [6.45, 7) is 0. The smallest absolute Gasteiger partial charge is 0.289 e. The van der Waals surface area contributed by atoms with Gasteiger partial charge >= 0.3 is 0 Å². The molecule has 0 N–H and O–H groups in total. The Kier molecular flexibility index (Phi) is 4.92. The molecular weight excluding hydrogens is 399 g/mol. The largest absolute Gasteiger partial charge is 0.294 e. The van der Waals surface area contributed by atoms with Gasteiger partial charge in [0, 0.05) is 36.1 Å². The zero-order valence-electron chi connectivity index (χ0n) is 15.2. The lowest BCUT2D eigenvalue weighted by atomic mass is 9.77. The van der Waals surface area contributed by atoms with Crippen LogP contribution in [-0.4, -0.2) is 16.6 Å². The highest BCUT2D eigenvalue weighted by Gasteiger charge is 2.40. The van der Waals surface area contributed by atoms with E-state index < -0.39 is 16.7 Å². The van der Waals surface area contributed by atoms with Crippen molar-refractivity contribution in [2.24, 2.45) is 0 Å². The van der Waals surface area contributed by atoms with E-state index in [2.05, 4.69) is 0 Å². The van der Waals surface area contributed by atoms with Gasteiger partial charge in [0.15, 0.2) is 5.78 Å². The number of benzene rings is 2. The van der Waals surface area contributed by atoms with Crippen molar-refractivity contribution in [3.8, 4) is 0 Å². The van der Waals surface area contributed by atoms with E-state index in [0.29, 0.717) is 36.1 Å². The van der Waals surface area contributed by atoms with E-state index in [1.54, 1.807) is 18.2 Å². The summed E-state index contributed by atoms with van der Waals surface area (Å²) in [5, 5.41) is 11.2. The normalized spacial score (nSPS) is 19.4. The molecule has 4 rings (SSSR count). The van der Waals surface area contributed by atoms with Crippen LogP contribution in [0, 0.1) is 15.9 Å². The van der Waals surface area contributed by atoms with Crippen LogP contribution in [0.3, 0.4) is 0 Å². The molecule has 29 heavy (non-hydrogen) atoms. The van der Waals surface area contributed by atoms with E-state index in [-0.39, 0.29) is 34.5 Å². The van der Waals surface area contributed by atoms with Gasteiger partial charge in [-0.3, -0.25) is 24.6 Å². The number of hydrogen-bond donors (Lipinski definition) is 0. The number of nitro groups is 1. The SMILES string of the molecule is O=C1CCCC2=C1C(c1ccccc1F)CC(=O)N2c1ccc(Cl)c([N+](=O)[O-])c1. The fraction of sp³-hybridized carbons (Fsp3) is 0.238. The maximum atomic E-state index is 14.4. The fourth-order valence-electron chi connectivity index (χ4n) is 4.10. The molecule has 0 saturated heterocycles. The van der Waals surface area contributed by atoms with Crippen molar-refractivity contribution in [3.05, 3.63) is 80.3 Å². The number of ketones is 1. The standard InChI is InChI=1S/C21H16ClFN2O4/c22-15-9-8-12(10-18(15)25(28)29)24-17-6-3-7-19(26)21(17)14(11-20(24)27)13-4-1-2-5-16(13)23/h1-2,4-5,8-10,14H,3,6-7,11H2. The van der Waals surface area contributed by atoms with Crippen LogP contribution in [-0.2, 0) is 9.59 Å². The minimum absolute atomic E-state index is 0.0404. The number of halogens is 2. The average molecular weight is 415 g/mol. The molecule has 6 nitrogen and oxygen atoms in total. The van der Waals surface area contributed by atoms with Gasteiger partial charge in [-0.15, -0.1) is 0 Å². The monoisotopic (exact) mass is 414 g/mol. The molecule has 2 aromatic carbocycles. The Hall–Kier alpha value is -3.06. The number of anilines is 1. The predicted molar refractivity (Wildman–Crippen MR) is 105 cm³/mol. The molecule has 1 amide bonds. The molecule has 0 spiro atoms. The lowest BCUT2D eigenvalue weighted by molar-refractivity contribution is -0.384. The first-order valence-electron chi connectivity index (χ1n) is 9.16. The molecule has 1 heterocycles.